The van der Waals surface area contributed by atoms with Crippen molar-refractivity contribution in [1.29, 1.82) is 0 Å². The molecule has 1 aliphatic rings. The Bertz CT molecular complexity index is 284. The molecule has 2 heterocycles. The van der Waals surface area contributed by atoms with E-state index in [1.54, 1.807) is 0 Å². The lowest BCUT2D eigenvalue weighted by Crippen LogP contribution is -2.31. The van der Waals surface area contributed by atoms with Crippen LogP contribution in [0.15, 0.2) is 18.3 Å². The fraction of sp³-hybridized carbons (Fsp3) is 0.600. The Morgan fingerprint density at radius 3 is 3.08 bits per heavy atom. The minimum Gasteiger partial charge on any atom is -0.378 e. The second kappa shape index (κ2) is 3.50. The average Bonchev–Trinajstić information content (AvgIpc) is 2.52. The van der Waals surface area contributed by atoms with Crippen LogP contribution in [0.4, 0.5) is 4.39 Å². The molecule has 2 rings (SSSR count). The van der Waals surface area contributed by atoms with Crippen molar-refractivity contribution in [3.8, 4) is 0 Å². The molecule has 0 N–H and O–H groups in total. The third-order valence-electron chi connectivity index (χ3n) is 2.60. The number of aryl methyl sites for hydroxylation is 1. The molecule has 1 aromatic heterocycles. The van der Waals surface area contributed by atoms with Crippen molar-refractivity contribution < 1.29 is 9.13 Å². The van der Waals surface area contributed by atoms with E-state index < -0.39 is 6.17 Å². The average molecular weight is 183 g/mol. The number of nitrogens with zero attached hydrogens (tertiary/aromatic N) is 1. The summed E-state index contributed by atoms with van der Waals surface area (Å²) in [7, 11) is 0. The summed E-state index contributed by atoms with van der Waals surface area (Å²) < 4.78 is 20.5. The van der Waals surface area contributed by atoms with E-state index in [-0.39, 0.29) is 12.6 Å². The first-order chi connectivity index (χ1) is 6.29. The summed E-state index contributed by atoms with van der Waals surface area (Å²) in [5.74, 6) is 0. The third-order valence-corrected chi connectivity index (χ3v) is 2.60. The Hall–Kier alpha value is -0.830. The number of alkyl halides is 1. The predicted molar refractivity (Wildman–Crippen MR) is 48.5 cm³/mol. The summed E-state index contributed by atoms with van der Waals surface area (Å²) in [6.07, 6.45) is 1.86. The molecular weight excluding hydrogens is 169 g/mol. The van der Waals surface area contributed by atoms with Gasteiger partial charge in [-0.05, 0) is 25.5 Å². The molecule has 1 fully saturated rings. The van der Waals surface area contributed by atoms with Gasteiger partial charge in [0.1, 0.15) is 6.17 Å². The number of rotatable bonds is 1. The smallest absolute Gasteiger partial charge is 0.144 e. The van der Waals surface area contributed by atoms with Crippen LogP contribution in [0.5, 0.6) is 0 Å². The van der Waals surface area contributed by atoms with E-state index in [9.17, 15) is 4.39 Å². The van der Waals surface area contributed by atoms with Gasteiger partial charge in [0.2, 0.25) is 0 Å². The molecule has 0 aromatic carbocycles. The van der Waals surface area contributed by atoms with Gasteiger partial charge in [-0.2, -0.15) is 0 Å². The second-order valence-corrected chi connectivity index (χ2v) is 3.50. The molecule has 13 heavy (non-hydrogen) atoms. The van der Waals surface area contributed by atoms with Crippen LogP contribution in [0.25, 0.3) is 0 Å². The van der Waals surface area contributed by atoms with Crippen LogP contribution in [-0.4, -0.2) is 24.0 Å². The Labute approximate surface area is 77.3 Å². The quantitative estimate of drug-likeness (QED) is 0.650. The molecule has 2 atom stereocenters. The molecule has 1 aromatic rings. The summed E-state index contributed by atoms with van der Waals surface area (Å²) in [6, 6.07) is 3.93. The largest absolute Gasteiger partial charge is 0.378 e. The molecule has 0 spiro atoms. The van der Waals surface area contributed by atoms with E-state index in [0.29, 0.717) is 6.61 Å². The van der Waals surface area contributed by atoms with Crippen LogP contribution in [0, 0.1) is 6.92 Å². The van der Waals surface area contributed by atoms with Gasteiger partial charge in [-0.15, -0.1) is 0 Å². The second-order valence-electron chi connectivity index (χ2n) is 3.50. The molecule has 1 aliphatic heterocycles. The monoisotopic (exact) mass is 183 g/mol. The zero-order chi connectivity index (χ0) is 9.26. The molecule has 1 saturated heterocycles. The minimum absolute atomic E-state index is 0.0243. The number of ether oxygens (including phenoxy) is 1. The lowest BCUT2D eigenvalue weighted by Gasteiger charge is -2.28. The van der Waals surface area contributed by atoms with Gasteiger partial charge in [-0.1, -0.05) is 0 Å². The van der Waals surface area contributed by atoms with Gasteiger partial charge < -0.3 is 9.30 Å². The first-order valence-electron chi connectivity index (χ1n) is 4.64. The van der Waals surface area contributed by atoms with Crippen molar-refractivity contribution in [3.63, 3.8) is 0 Å². The van der Waals surface area contributed by atoms with Gasteiger partial charge in [-0.3, -0.25) is 0 Å². The molecule has 2 nitrogen and oxygen atoms in total. The Kier molecular flexibility index (Phi) is 2.36. The normalized spacial score (nSPS) is 29.1. The number of hydrogen-bond donors (Lipinski definition) is 0. The molecule has 3 heteroatoms. The van der Waals surface area contributed by atoms with Gasteiger partial charge >= 0.3 is 0 Å². The van der Waals surface area contributed by atoms with Gasteiger partial charge in [0.05, 0.1) is 12.6 Å². The van der Waals surface area contributed by atoms with Crippen molar-refractivity contribution in [2.45, 2.75) is 25.6 Å². The minimum atomic E-state index is -0.861. The van der Waals surface area contributed by atoms with Crippen LogP contribution < -0.4 is 0 Å². The fourth-order valence-electron chi connectivity index (χ4n) is 1.86. The zero-order valence-electron chi connectivity index (χ0n) is 7.74. The van der Waals surface area contributed by atoms with Crippen molar-refractivity contribution in [3.05, 3.63) is 24.0 Å². The molecule has 0 saturated carbocycles. The SMILES string of the molecule is Cc1cccn1[C@@H]1CCOC[C@@H]1F. The lowest BCUT2D eigenvalue weighted by molar-refractivity contribution is 0.00294. The summed E-state index contributed by atoms with van der Waals surface area (Å²) in [5, 5.41) is 0. The molecule has 0 radical (unpaired) electrons. The zero-order valence-corrected chi connectivity index (χ0v) is 7.74. The summed E-state index contributed by atoms with van der Waals surface area (Å²) in [6.45, 7) is 2.91. The van der Waals surface area contributed by atoms with Gasteiger partial charge in [0, 0.05) is 18.5 Å². The summed E-state index contributed by atoms with van der Waals surface area (Å²) in [4.78, 5) is 0. The lowest BCUT2D eigenvalue weighted by atomic mass is 10.1. The van der Waals surface area contributed by atoms with Crippen molar-refractivity contribution in [2.24, 2.45) is 0 Å². The number of hydrogen-bond acceptors (Lipinski definition) is 1. The highest BCUT2D eigenvalue weighted by Crippen LogP contribution is 2.25. The van der Waals surface area contributed by atoms with Crippen LogP contribution in [-0.2, 0) is 4.74 Å². The van der Waals surface area contributed by atoms with E-state index in [2.05, 4.69) is 0 Å². The maximum absolute atomic E-state index is 13.4. The first kappa shape index (κ1) is 8.75. The Morgan fingerprint density at radius 2 is 2.46 bits per heavy atom. The summed E-state index contributed by atoms with van der Waals surface area (Å²) in [5.41, 5.74) is 1.12. The van der Waals surface area contributed by atoms with Crippen LogP contribution >= 0.6 is 0 Å². The fourth-order valence-corrected chi connectivity index (χ4v) is 1.86. The molecule has 72 valence electrons. The highest BCUT2D eigenvalue weighted by molar-refractivity contribution is 5.07. The Morgan fingerprint density at radius 1 is 1.62 bits per heavy atom. The van der Waals surface area contributed by atoms with Crippen LogP contribution in [0.3, 0.4) is 0 Å². The van der Waals surface area contributed by atoms with Crippen molar-refractivity contribution in [1.82, 2.24) is 4.57 Å². The highest BCUT2D eigenvalue weighted by Gasteiger charge is 2.26. The van der Waals surface area contributed by atoms with Crippen LogP contribution in [0.2, 0.25) is 0 Å². The van der Waals surface area contributed by atoms with E-state index in [1.165, 1.54) is 0 Å². The maximum atomic E-state index is 13.4. The van der Waals surface area contributed by atoms with E-state index in [4.69, 9.17) is 4.74 Å². The number of halogens is 1. The van der Waals surface area contributed by atoms with Gasteiger partial charge in [0.25, 0.3) is 0 Å². The highest BCUT2D eigenvalue weighted by atomic mass is 19.1. The third kappa shape index (κ3) is 1.61. The van der Waals surface area contributed by atoms with E-state index in [0.717, 1.165) is 12.1 Å². The summed E-state index contributed by atoms with van der Waals surface area (Å²) >= 11 is 0. The van der Waals surface area contributed by atoms with E-state index in [1.807, 2.05) is 29.8 Å². The van der Waals surface area contributed by atoms with Crippen molar-refractivity contribution in [2.75, 3.05) is 13.2 Å². The molecular formula is C10H14FNO. The maximum Gasteiger partial charge on any atom is 0.144 e. The molecule has 0 amide bonds. The van der Waals surface area contributed by atoms with Crippen molar-refractivity contribution >= 4 is 0 Å². The first-order valence-corrected chi connectivity index (χ1v) is 4.64. The standard InChI is InChI=1S/C10H14FNO/c1-8-3-2-5-12(8)10-4-6-13-7-9(10)11/h2-3,5,9-10H,4,6-7H2,1H3/t9-,10+/m0/s1. The van der Waals surface area contributed by atoms with E-state index >= 15 is 0 Å². The van der Waals surface area contributed by atoms with Gasteiger partial charge in [-0.25, -0.2) is 4.39 Å². The topological polar surface area (TPSA) is 14.2 Å². The Balaban J connectivity index is 2.19. The molecule has 0 unspecified atom stereocenters. The van der Waals surface area contributed by atoms with Gasteiger partial charge in [0.15, 0.2) is 0 Å². The van der Waals surface area contributed by atoms with Crippen LogP contribution in [0.1, 0.15) is 18.2 Å². The number of aromatic nitrogens is 1. The predicted octanol–water partition coefficient (Wildman–Crippen LogP) is 2.10. The molecule has 0 bridgehead atoms. The molecule has 0 aliphatic carbocycles.